The predicted octanol–water partition coefficient (Wildman–Crippen LogP) is 4.25. The highest BCUT2D eigenvalue weighted by atomic mass is 19.1. The van der Waals surface area contributed by atoms with E-state index in [-0.39, 0.29) is 23.4 Å². The number of piperidine rings is 1. The Morgan fingerprint density at radius 2 is 1.94 bits per heavy atom. The quantitative estimate of drug-likeness (QED) is 0.707. The molecule has 0 radical (unpaired) electrons. The molecule has 0 spiro atoms. The van der Waals surface area contributed by atoms with Gasteiger partial charge >= 0.3 is 0 Å². The Balaban J connectivity index is 1.57. The number of aromatic nitrogens is 2. The van der Waals surface area contributed by atoms with Gasteiger partial charge in [0.2, 0.25) is 11.9 Å². The molecule has 8 heteroatoms. The Bertz CT molecular complexity index is 1050. The van der Waals surface area contributed by atoms with Crippen molar-refractivity contribution in [1.82, 2.24) is 15.3 Å². The number of halogens is 1. The van der Waals surface area contributed by atoms with Crippen LogP contribution in [0.4, 0.5) is 16.2 Å². The van der Waals surface area contributed by atoms with Crippen molar-refractivity contribution in [1.29, 1.82) is 5.26 Å². The van der Waals surface area contributed by atoms with Crippen LogP contribution < -0.4 is 15.5 Å². The van der Waals surface area contributed by atoms with Gasteiger partial charge in [-0.25, -0.2) is 9.37 Å². The highest BCUT2D eigenvalue weighted by Gasteiger charge is 2.32. The summed E-state index contributed by atoms with van der Waals surface area (Å²) in [5.41, 5.74) is 1.13. The normalized spacial score (nSPS) is 21.3. The number of carbonyl (C=O) groups excluding carboxylic acids is 1. The lowest BCUT2D eigenvalue weighted by molar-refractivity contribution is -0.126. The fourth-order valence-electron chi connectivity index (χ4n) is 4.81. The molecule has 1 aromatic heterocycles. The van der Waals surface area contributed by atoms with Gasteiger partial charge in [-0.2, -0.15) is 10.2 Å². The number of nitrogens with zero attached hydrogens (tertiary/aromatic N) is 4. The van der Waals surface area contributed by atoms with E-state index in [0.717, 1.165) is 25.7 Å². The molecule has 2 aliphatic rings. The fraction of sp³-hybridized carbons (Fsp3) is 0.520. The van der Waals surface area contributed by atoms with Gasteiger partial charge in [0.15, 0.2) is 0 Å². The molecule has 1 aliphatic carbocycles. The van der Waals surface area contributed by atoms with Gasteiger partial charge in [0, 0.05) is 37.3 Å². The third kappa shape index (κ3) is 5.24. The molecular weight excluding hydrogens is 419 g/mol. The zero-order valence-electron chi connectivity index (χ0n) is 19.3. The minimum atomic E-state index is -0.577. The molecule has 0 bridgehead atoms. The number of rotatable bonds is 5. The SMILES string of the molecule is CNc1nc(-c2ccc(C#N)c(F)c2)cc(N2CC(C(=O)NC3CCCCC3)CCC2C)n1. The van der Waals surface area contributed by atoms with Crippen molar-refractivity contribution in [3.63, 3.8) is 0 Å². The number of nitriles is 1. The molecular formula is C25H31FN6O. The molecule has 4 rings (SSSR count). The standard InChI is InChI=1S/C25H31FN6O/c1-16-8-9-19(24(33)29-20-6-4-3-5-7-20)15-32(16)23-13-22(30-25(28-2)31-23)17-10-11-18(14-27)21(26)12-17/h10-13,16,19-20H,3-9,15H2,1-2H3,(H,29,33)(H,28,30,31). The molecule has 1 saturated carbocycles. The smallest absolute Gasteiger partial charge is 0.225 e. The van der Waals surface area contributed by atoms with E-state index < -0.39 is 5.82 Å². The highest BCUT2D eigenvalue weighted by molar-refractivity contribution is 5.80. The number of hydrogen-bond donors (Lipinski definition) is 2. The lowest BCUT2D eigenvalue weighted by Gasteiger charge is -2.39. The van der Waals surface area contributed by atoms with Gasteiger partial charge < -0.3 is 15.5 Å². The third-order valence-electron chi connectivity index (χ3n) is 6.82. The summed E-state index contributed by atoms with van der Waals surface area (Å²) in [4.78, 5) is 24.3. The van der Waals surface area contributed by atoms with Crippen LogP contribution in [-0.2, 0) is 4.79 Å². The maximum atomic E-state index is 14.2. The van der Waals surface area contributed by atoms with Gasteiger partial charge in [-0.3, -0.25) is 4.79 Å². The summed E-state index contributed by atoms with van der Waals surface area (Å²) in [7, 11) is 1.74. The van der Waals surface area contributed by atoms with Crippen molar-refractivity contribution in [3.05, 3.63) is 35.6 Å². The number of hydrogen-bond acceptors (Lipinski definition) is 6. The van der Waals surface area contributed by atoms with Gasteiger partial charge in [0.25, 0.3) is 0 Å². The molecule has 2 aromatic rings. The molecule has 33 heavy (non-hydrogen) atoms. The maximum absolute atomic E-state index is 14.2. The van der Waals surface area contributed by atoms with E-state index in [4.69, 9.17) is 5.26 Å². The first-order valence-corrected chi connectivity index (χ1v) is 11.8. The Labute approximate surface area is 194 Å². The first kappa shape index (κ1) is 23.0. The number of amides is 1. The number of nitrogens with one attached hydrogen (secondary N) is 2. The molecule has 7 nitrogen and oxygen atoms in total. The van der Waals surface area contributed by atoms with E-state index in [1.807, 2.05) is 12.1 Å². The van der Waals surface area contributed by atoms with Crippen LogP contribution in [-0.4, -0.2) is 41.6 Å². The zero-order chi connectivity index (χ0) is 23.4. The lowest BCUT2D eigenvalue weighted by Crippen LogP contribution is -2.49. The largest absolute Gasteiger partial charge is 0.357 e. The first-order valence-electron chi connectivity index (χ1n) is 11.8. The van der Waals surface area contributed by atoms with Crippen molar-refractivity contribution in [3.8, 4) is 17.3 Å². The van der Waals surface area contributed by atoms with E-state index >= 15 is 0 Å². The van der Waals surface area contributed by atoms with E-state index in [1.165, 1.54) is 31.4 Å². The Hall–Kier alpha value is -3.21. The molecule has 2 atom stereocenters. The molecule has 2 N–H and O–H groups in total. The monoisotopic (exact) mass is 450 g/mol. The van der Waals surface area contributed by atoms with Gasteiger partial charge in [-0.05, 0) is 44.7 Å². The summed E-state index contributed by atoms with van der Waals surface area (Å²) in [5.74, 6) is 0.597. The minimum Gasteiger partial charge on any atom is -0.357 e. The number of carbonyl (C=O) groups is 1. The van der Waals surface area contributed by atoms with Crippen molar-refractivity contribution < 1.29 is 9.18 Å². The second-order valence-corrected chi connectivity index (χ2v) is 9.11. The van der Waals surface area contributed by atoms with Crippen LogP contribution in [0.2, 0.25) is 0 Å². The summed E-state index contributed by atoms with van der Waals surface area (Å²) < 4.78 is 14.2. The number of benzene rings is 1. The molecule has 1 aliphatic heterocycles. The fourth-order valence-corrected chi connectivity index (χ4v) is 4.81. The molecule has 1 aromatic carbocycles. The highest BCUT2D eigenvalue weighted by Crippen LogP contribution is 2.31. The molecule has 174 valence electrons. The summed E-state index contributed by atoms with van der Waals surface area (Å²) in [6.07, 6.45) is 7.52. The number of anilines is 2. The van der Waals surface area contributed by atoms with Gasteiger partial charge in [-0.1, -0.05) is 25.3 Å². The Kier molecular flexibility index (Phi) is 7.07. The molecule has 2 fully saturated rings. The lowest BCUT2D eigenvalue weighted by atomic mass is 9.90. The van der Waals surface area contributed by atoms with E-state index in [0.29, 0.717) is 35.6 Å². The van der Waals surface area contributed by atoms with Gasteiger partial charge in [0.1, 0.15) is 17.7 Å². The van der Waals surface area contributed by atoms with Crippen molar-refractivity contribution in [2.75, 3.05) is 23.8 Å². The average molecular weight is 451 g/mol. The van der Waals surface area contributed by atoms with Crippen molar-refractivity contribution >= 4 is 17.7 Å². The van der Waals surface area contributed by atoms with E-state index in [1.54, 1.807) is 13.1 Å². The summed E-state index contributed by atoms with van der Waals surface area (Å²) in [5, 5.41) is 15.3. The maximum Gasteiger partial charge on any atom is 0.225 e. The average Bonchev–Trinajstić information content (AvgIpc) is 2.84. The van der Waals surface area contributed by atoms with Crippen LogP contribution in [0.25, 0.3) is 11.3 Å². The zero-order valence-corrected chi connectivity index (χ0v) is 19.3. The van der Waals surface area contributed by atoms with Crippen LogP contribution in [0.3, 0.4) is 0 Å². The van der Waals surface area contributed by atoms with Gasteiger partial charge in [0.05, 0.1) is 17.2 Å². The third-order valence-corrected chi connectivity index (χ3v) is 6.82. The second-order valence-electron chi connectivity index (χ2n) is 9.11. The topological polar surface area (TPSA) is 93.9 Å². The summed E-state index contributed by atoms with van der Waals surface area (Å²) >= 11 is 0. The van der Waals surface area contributed by atoms with Crippen LogP contribution in [0.5, 0.6) is 0 Å². The Morgan fingerprint density at radius 1 is 1.15 bits per heavy atom. The van der Waals surface area contributed by atoms with E-state index in [9.17, 15) is 9.18 Å². The minimum absolute atomic E-state index is 0.00153. The predicted molar refractivity (Wildman–Crippen MR) is 126 cm³/mol. The van der Waals surface area contributed by atoms with Crippen molar-refractivity contribution in [2.45, 2.75) is 64.0 Å². The summed E-state index contributed by atoms with van der Waals surface area (Å²) in [6.45, 7) is 2.72. The van der Waals surface area contributed by atoms with E-state index in [2.05, 4.69) is 32.4 Å². The van der Waals surface area contributed by atoms with Crippen LogP contribution in [0.1, 0.15) is 57.4 Å². The summed E-state index contributed by atoms with van der Waals surface area (Å²) in [6, 6.07) is 8.66. The molecule has 2 unspecified atom stereocenters. The molecule has 1 amide bonds. The molecule has 2 heterocycles. The molecule has 1 saturated heterocycles. The van der Waals surface area contributed by atoms with Crippen LogP contribution in [0.15, 0.2) is 24.3 Å². The first-order chi connectivity index (χ1) is 16.0. The Morgan fingerprint density at radius 3 is 2.64 bits per heavy atom. The van der Waals surface area contributed by atoms with Gasteiger partial charge in [-0.15, -0.1) is 0 Å². The van der Waals surface area contributed by atoms with Crippen LogP contribution >= 0.6 is 0 Å². The second kappa shape index (κ2) is 10.2. The van der Waals surface area contributed by atoms with Crippen molar-refractivity contribution in [2.24, 2.45) is 5.92 Å². The van der Waals surface area contributed by atoms with Crippen LogP contribution in [0, 0.1) is 23.1 Å².